The van der Waals surface area contributed by atoms with Gasteiger partial charge < -0.3 is 5.73 Å². The van der Waals surface area contributed by atoms with Crippen LogP contribution in [0.5, 0.6) is 0 Å². The molecular formula is C12H19NOS. The summed E-state index contributed by atoms with van der Waals surface area (Å²) in [5, 5.41) is 0. The van der Waals surface area contributed by atoms with E-state index in [-0.39, 0.29) is 6.04 Å². The van der Waals surface area contributed by atoms with Gasteiger partial charge in [0.15, 0.2) is 0 Å². The average Bonchev–Trinajstić information content (AvgIpc) is 2.21. The summed E-state index contributed by atoms with van der Waals surface area (Å²) >= 11 is 0. The van der Waals surface area contributed by atoms with Gasteiger partial charge in [-0.25, -0.2) is 0 Å². The predicted octanol–water partition coefficient (Wildman–Crippen LogP) is 2.07. The average molecular weight is 225 g/mol. The van der Waals surface area contributed by atoms with E-state index in [0.717, 1.165) is 5.56 Å². The number of hydrogen-bond donors (Lipinski definition) is 1. The van der Waals surface area contributed by atoms with Crippen molar-refractivity contribution in [2.45, 2.75) is 26.8 Å². The predicted molar refractivity (Wildman–Crippen MR) is 66.4 cm³/mol. The molecule has 0 aromatic heterocycles. The normalized spacial score (nSPS) is 14.9. The molecule has 2 N–H and O–H groups in total. The van der Waals surface area contributed by atoms with Crippen molar-refractivity contribution >= 4 is 10.8 Å². The van der Waals surface area contributed by atoms with E-state index < -0.39 is 10.8 Å². The van der Waals surface area contributed by atoms with Gasteiger partial charge in [0.25, 0.3) is 0 Å². The second-order valence-electron chi connectivity index (χ2n) is 3.86. The van der Waals surface area contributed by atoms with Crippen molar-refractivity contribution in [3.05, 3.63) is 34.9 Å². The smallest absolute Gasteiger partial charge is 0.0428 e. The standard InChI is InChI=1S/C12H19NOS/c1-4-15(14)8-12(13)11-7-9(2)5-6-10(11)3/h5-7,12H,4,8,13H2,1-3H3. The van der Waals surface area contributed by atoms with Crippen LogP contribution in [0.4, 0.5) is 0 Å². The topological polar surface area (TPSA) is 43.1 Å². The van der Waals surface area contributed by atoms with Crippen molar-refractivity contribution in [1.29, 1.82) is 0 Å². The van der Waals surface area contributed by atoms with Crippen molar-refractivity contribution < 1.29 is 4.21 Å². The van der Waals surface area contributed by atoms with Gasteiger partial charge in [-0.15, -0.1) is 0 Å². The second-order valence-corrected chi connectivity index (χ2v) is 5.65. The van der Waals surface area contributed by atoms with Crippen LogP contribution in [0.2, 0.25) is 0 Å². The molecule has 0 aliphatic heterocycles. The third-order valence-corrected chi connectivity index (χ3v) is 3.90. The molecule has 15 heavy (non-hydrogen) atoms. The minimum absolute atomic E-state index is 0.106. The molecule has 0 heterocycles. The first-order chi connectivity index (χ1) is 7.04. The lowest BCUT2D eigenvalue weighted by atomic mass is 10.0. The Bertz CT molecular complexity index is 363. The highest BCUT2D eigenvalue weighted by Gasteiger charge is 2.11. The fourth-order valence-corrected chi connectivity index (χ4v) is 2.38. The molecule has 2 unspecified atom stereocenters. The molecule has 0 bridgehead atoms. The van der Waals surface area contributed by atoms with Crippen molar-refractivity contribution in [2.75, 3.05) is 11.5 Å². The minimum atomic E-state index is -0.797. The molecule has 0 aliphatic rings. The number of hydrogen-bond acceptors (Lipinski definition) is 2. The number of aryl methyl sites for hydroxylation is 2. The molecule has 1 aromatic rings. The lowest BCUT2D eigenvalue weighted by molar-refractivity contribution is 0.675. The van der Waals surface area contributed by atoms with Crippen molar-refractivity contribution in [3.63, 3.8) is 0 Å². The van der Waals surface area contributed by atoms with Crippen LogP contribution in [-0.4, -0.2) is 15.7 Å². The van der Waals surface area contributed by atoms with Crippen LogP contribution < -0.4 is 5.73 Å². The zero-order valence-corrected chi connectivity index (χ0v) is 10.4. The second kappa shape index (κ2) is 5.42. The highest BCUT2D eigenvalue weighted by Crippen LogP contribution is 2.18. The summed E-state index contributed by atoms with van der Waals surface area (Å²) in [4.78, 5) is 0. The van der Waals surface area contributed by atoms with Gasteiger partial charge in [0.2, 0.25) is 0 Å². The Morgan fingerprint density at radius 3 is 2.67 bits per heavy atom. The first kappa shape index (κ1) is 12.4. The molecule has 84 valence electrons. The third-order valence-electron chi connectivity index (χ3n) is 2.52. The quantitative estimate of drug-likeness (QED) is 0.852. The Morgan fingerprint density at radius 1 is 1.40 bits per heavy atom. The fourth-order valence-electron chi connectivity index (χ4n) is 1.57. The van der Waals surface area contributed by atoms with Crippen molar-refractivity contribution in [2.24, 2.45) is 5.73 Å². The minimum Gasteiger partial charge on any atom is -0.323 e. The molecule has 0 amide bonds. The Morgan fingerprint density at radius 2 is 2.07 bits per heavy atom. The highest BCUT2D eigenvalue weighted by molar-refractivity contribution is 7.84. The molecule has 2 nitrogen and oxygen atoms in total. The maximum atomic E-state index is 11.4. The summed E-state index contributed by atoms with van der Waals surface area (Å²) in [7, 11) is -0.797. The Balaban J connectivity index is 2.85. The van der Waals surface area contributed by atoms with Crippen molar-refractivity contribution in [1.82, 2.24) is 0 Å². The fraction of sp³-hybridized carbons (Fsp3) is 0.500. The largest absolute Gasteiger partial charge is 0.323 e. The van der Waals surface area contributed by atoms with Gasteiger partial charge in [-0.1, -0.05) is 30.7 Å². The number of nitrogens with two attached hydrogens (primary N) is 1. The SMILES string of the molecule is CCS(=O)CC(N)c1cc(C)ccc1C. The molecule has 0 fully saturated rings. The first-order valence-corrected chi connectivity index (χ1v) is 6.71. The van der Waals surface area contributed by atoms with E-state index >= 15 is 0 Å². The monoisotopic (exact) mass is 225 g/mol. The number of rotatable bonds is 4. The Kier molecular flexibility index (Phi) is 4.48. The van der Waals surface area contributed by atoms with E-state index in [9.17, 15) is 4.21 Å². The summed E-state index contributed by atoms with van der Waals surface area (Å²) in [5.74, 6) is 1.24. The maximum Gasteiger partial charge on any atom is 0.0428 e. The summed E-state index contributed by atoms with van der Waals surface area (Å²) in [6.07, 6.45) is 0. The molecule has 0 spiro atoms. The van der Waals surface area contributed by atoms with E-state index in [1.165, 1.54) is 11.1 Å². The van der Waals surface area contributed by atoms with E-state index in [1.807, 2.05) is 20.8 Å². The Labute approximate surface area is 94.3 Å². The van der Waals surface area contributed by atoms with Gasteiger partial charge in [-0.3, -0.25) is 4.21 Å². The van der Waals surface area contributed by atoms with Crippen LogP contribution in [0.1, 0.15) is 29.7 Å². The third kappa shape index (κ3) is 3.43. The van der Waals surface area contributed by atoms with E-state index in [1.54, 1.807) is 0 Å². The summed E-state index contributed by atoms with van der Waals surface area (Å²) in [5.41, 5.74) is 9.55. The molecule has 0 aliphatic carbocycles. The first-order valence-electron chi connectivity index (χ1n) is 5.22. The number of benzene rings is 1. The lowest BCUT2D eigenvalue weighted by Gasteiger charge is -2.14. The summed E-state index contributed by atoms with van der Waals surface area (Å²) in [6, 6.07) is 6.12. The van der Waals surface area contributed by atoms with Gasteiger partial charge in [-0.2, -0.15) is 0 Å². The van der Waals surface area contributed by atoms with Crippen molar-refractivity contribution in [3.8, 4) is 0 Å². The molecule has 1 aromatic carbocycles. The van der Waals surface area contributed by atoms with E-state index in [0.29, 0.717) is 11.5 Å². The van der Waals surface area contributed by atoms with Gasteiger partial charge in [0.05, 0.1) is 0 Å². The Hall–Kier alpha value is -0.670. The molecule has 0 saturated heterocycles. The molecular weight excluding hydrogens is 206 g/mol. The molecule has 2 atom stereocenters. The van der Waals surface area contributed by atoms with Gasteiger partial charge in [-0.05, 0) is 25.0 Å². The van der Waals surface area contributed by atoms with Crippen LogP contribution in [0.3, 0.4) is 0 Å². The zero-order valence-electron chi connectivity index (χ0n) is 9.62. The van der Waals surface area contributed by atoms with Gasteiger partial charge in [0, 0.05) is 28.3 Å². The molecule has 1 rings (SSSR count). The van der Waals surface area contributed by atoms with Crippen LogP contribution in [-0.2, 0) is 10.8 Å². The lowest BCUT2D eigenvalue weighted by Crippen LogP contribution is -2.20. The zero-order chi connectivity index (χ0) is 11.4. The maximum absolute atomic E-state index is 11.4. The van der Waals surface area contributed by atoms with Crippen LogP contribution in [0.25, 0.3) is 0 Å². The van der Waals surface area contributed by atoms with E-state index in [4.69, 9.17) is 5.73 Å². The summed E-state index contributed by atoms with van der Waals surface area (Å²) < 4.78 is 11.4. The summed E-state index contributed by atoms with van der Waals surface area (Å²) in [6.45, 7) is 6.02. The highest BCUT2D eigenvalue weighted by atomic mass is 32.2. The van der Waals surface area contributed by atoms with Crippen LogP contribution >= 0.6 is 0 Å². The van der Waals surface area contributed by atoms with Gasteiger partial charge >= 0.3 is 0 Å². The molecule has 3 heteroatoms. The molecule has 0 saturated carbocycles. The molecule has 0 radical (unpaired) electrons. The van der Waals surface area contributed by atoms with Crippen LogP contribution in [0.15, 0.2) is 18.2 Å². The van der Waals surface area contributed by atoms with Crippen LogP contribution in [0, 0.1) is 13.8 Å². The van der Waals surface area contributed by atoms with Gasteiger partial charge in [0.1, 0.15) is 0 Å². The van der Waals surface area contributed by atoms with E-state index in [2.05, 4.69) is 18.2 Å².